The summed E-state index contributed by atoms with van der Waals surface area (Å²) in [6.07, 6.45) is 5.85. The van der Waals surface area contributed by atoms with Gasteiger partial charge < -0.3 is 9.84 Å². The summed E-state index contributed by atoms with van der Waals surface area (Å²) in [5.74, 6) is -0.350. The van der Waals surface area contributed by atoms with Gasteiger partial charge in [0.2, 0.25) is 0 Å². The van der Waals surface area contributed by atoms with Crippen molar-refractivity contribution in [2.24, 2.45) is 0 Å². The molecule has 122 valence electrons. The van der Waals surface area contributed by atoms with Gasteiger partial charge in [-0.2, -0.15) is 0 Å². The molecule has 1 aromatic heterocycles. The van der Waals surface area contributed by atoms with E-state index in [1.165, 1.54) is 0 Å². The van der Waals surface area contributed by atoms with Crippen molar-refractivity contribution in [1.82, 2.24) is 19.9 Å². The number of hydrogen-bond acceptors (Lipinski definition) is 5. The van der Waals surface area contributed by atoms with E-state index in [0.717, 1.165) is 32.5 Å². The number of aromatic nitrogens is 3. The molecule has 3 rings (SSSR count). The predicted molar refractivity (Wildman–Crippen MR) is 83.6 cm³/mol. The molecular weight excluding hydrogens is 296 g/mol. The number of likely N-dealkylation sites (tertiary alicyclic amines) is 1. The van der Waals surface area contributed by atoms with Crippen LogP contribution in [0.3, 0.4) is 0 Å². The van der Waals surface area contributed by atoms with Crippen LogP contribution < -0.4 is 4.74 Å². The summed E-state index contributed by atoms with van der Waals surface area (Å²) in [7, 11) is 0. The minimum Gasteiger partial charge on any atom is -0.492 e. The van der Waals surface area contributed by atoms with Gasteiger partial charge in [0.1, 0.15) is 12.4 Å². The van der Waals surface area contributed by atoms with E-state index in [0.29, 0.717) is 18.4 Å². The fourth-order valence-electron chi connectivity index (χ4n) is 2.87. The summed E-state index contributed by atoms with van der Waals surface area (Å²) in [6, 6.07) is 6.95. The first kappa shape index (κ1) is 15.5. The third-order valence-electron chi connectivity index (χ3n) is 4.05. The summed E-state index contributed by atoms with van der Waals surface area (Å²) >= 11 is 0. The number of carboxylic acid groups (broad SMARTS) is 1. The lowest BCUT2D eigenvalue weighted by Crippen LogP contribution is -2.39. The smallest absolute Gasteiger partial charge is 0.335 e. The molecule has 0 spiro atoms. The number of piperidine rings is 1. The van der Waals surface area contributed by atoms with Crippen molar-refractivity contribution < 1.29 is 14.6 Å². The molecule has 1 aliphatic rings. The molecule has 23 heavy (non-hydrogen) atoms. The standard InChI is InChI=1S/C16H20N4O3/c21-16(22)13-3-1-5-15(11-13)23-10-9-19-7-2-4-14(12-19)20-8-6-17-18-20/h1,3,5-6,8,11,14H,2,4,7,9-10,12H2,(H,21,22). The molecule has 1 aliphatic heterocycles. The lowest BCUT2D eigenvalue weighted by atomic mass is 10.1. The van der Waals surface area contributed by atoms with Gasteiger partial charge >= 0.3 is 5.97 Å². The van der Waals surface area contributed by atoms with Crippen molar-refractivity contribution in [3.05, 3.63) is 42.2 Å². The SMILES string of the molecule is O=C(O)c1cccc(OCCN2CCCC(n3ccnn3)C2)c1. The maximum absolute atomic E-state index is 10.9. The third-order valence-corrected chi connectivity index (χ3v) is 4.05. The first-order chi connectivity index (χ1) is 11.2. The van der Waals surface area contributed by atoms with Crippen molar-refractivity contribution in [2.75, 3.05) is 26.2 Å². The van der Waals surface area contributed by atoms with Gasteiger partial charge in [-0.25, -0.2) is 9.48 Å². The summed E-state index contributed by atoms with van der Waals surface area (Å²) in [5, 5.41) is 16.9. The molecule has 7 heteroatoms. The van der Waals surface area contributed by atoms with Gasteiger partial charge in [0, 0.05) is 19.3 Å². The second-order valence-electron chi connectivity index (χ2n) is 5.66. The van der Waals surface area contributed by atoms with E-state index >= 15 is 0 Å². The van der Waals surface area contributed by atoms with Crippen LogP contribution >= 0.6 is 0 Å². The predicted octanol–water partition coefficient (Wildman–Crippen LogP) is 1.69. The van der Waals surface area contributed by atoms with Crippen molar-refractivity contribution >= 4 is 5.97 Å². The summed E-state index contributed by atoms with van der Waals surface area (Å²) in [4.78, 5) is 13.3. The zero-order valence-electron chi connectivity index (χ0n) is 12.8. The summed E-state index contributed by atoms with van der Waals surface area (Å²) in [5.41, 5.74) is 0.242. The first-order valence-electron chi connectivity index (χ1n) is 7.77. The summed E-state index contributed by atoms with van der Waals surface area (Å²) in [6.45, 7) is 3.32. The van der Waals surface area contributed by atoms with Crippen LogP contribution in [0.1, 0.15) is 29.2 Å². The molecule has 0 bridgehead atoms. The van der Waals surface area contributed by atoms with Gasteiger partial charge in [-0.05, 0) is 37.6 Å². The van der Waals surface area contributed by atoms with Crippen molar-refractivity contribution in [1.29, 1.82) is 0 Å². The van der Waals surface area contributed by atoms with Crippen molar-refractivity contribution in [3.63, 3.8) is 0 Å². The molecule has 2 aromatic rings. The van der Waals surface area contributed by atoms with E-state index in [9.17, 15) is 4.79 Å². The van der Waals surface area contributed by atoms with E-state index in [1.54, 1.807) is 30.5 Å². The quantitative estimate of drug-likeness (QED) is 0.873. The molecule has 2 heterocycles. The number of rotatable bonds is 6. The Balaban J connectivity index is 1.48. The minimum atomic E-state index is -0.942. The Morgan fingerprint density at radius 2 is 2.35 bits per heavy atom. The van der Waals surface area contributed by atoms with Crippen molar-refractivity contribution in [3.8, 4) is 5.75 Å². The Bertz CT molecular complexity index is 645. The van der Waals surface area contributed by atoms with E-state index < -0.39 is 5.97 Å². The lowest BCUT2D eigenvalue weighted by molar-refractivity contribution is 0.0696. The fraction of sp³-hybridized carbons (Fsp3) is 0.438. The van der Waals surface area contributed by atoms with Crippen LogP contribution in [0.2, 0.25) is 0 Å². The van der Waals surface area contributed by atoms with Gasteiger partial charge in [-0.3, -0.25) is 4.90 Å². The Morgan fingerprint density at radius 1 is 1.43 bits per heavy atom. The second-order valence-corrected chi connectivity index (χ2v) is 5.66. The highest BCUT2D eigenvalue weighted by molar-refractivity contribution is 5.87. The van der Waals surface area contributed by atoms with Gasteiger partial charge in [0.05, 0.1) is 17.8 Å². The van der Waals surface area contributed by atoms with Crippen LogP contribution in [0.5, 0.6) is 5.75 Å². The van der Waals surface area contributed by atoms with E-state index in [2.05, 4.69) is 15.2 Å². The van der Waals surface area contributed by atoms with Crippen LogP contribution in [0.25, 0.3) is 0 Å². The molecule has 1 atom stereocenters. The molecule has 1 fully saturated rings. The van der Waals surface area contributed by atoms with Crippen molar-refractivity contribution in [2.45, 2.75) is 18.9 Å². The second kappa shape index (κ2) is 7.23. The molecule has 1 N–H and O–H groups in total. The zero-order valence-corrected chi connectivity index (χ0v) is 12.8. The number of carboxylic acids is 1. The van der Waals surface area contributed by atoms with Gasteiger partial charge in [-0.15, -0.1) is 5.10 Å². The van der Waals surface area contributed by atoms with E-state index in [1.807, 2.05) is 10.9 Å². The Hall–Kier alpha value is -2.41. The zero-order chi connectivity index (χ0) is 16.1. The number of hydrogen-bond donors (Lipinski definition) is 1. The van der Waals surface area contributed by atoms with Gasteiger partial charge in [0.15, 0.2) is 0 Å². The van der Waals surface area contributed by atoms with Gasteiger partial charge in [-0.1, -0.05) is 11.3 Å². The molecule has 0 aliphatic carbocycles. The number of ether oxygens (including phenoxy) is 1. The average molecular weight is 316 g/mol. The van der Waals surface area contributed by atoms with E-state index in [4.69, 9.17) is 9.84 Å². The van der Waals surface area contributed by atoms with Crippen LogP contribution in [0, 0.1) is 0 Å². The van der Waals surface area contributed by atoms with Crippen LogP contribution in [0.4, 0.5) is 0 Å². The molecule has 0 saturated carbocycles. The number of nitrogens with zero attached hydrogens (tertiary/aromatic N) is 4. The number of benzene rings is 1. The molecule has 1 aromatic carbocycles. The fourth-order valence-corrected chi connectivity index (χ4v) is 2.87. The number of carbonyl (C=O) groups is 1. The first-order valence-corrected chi connectivity index (χ1v) is 7.77. The third kappa shape index (κ3) is 4.07. The average Bonchev–Trinajstić information content (AvgIpc) is 3.10. The highest BCUT2D eigenvalue weighted by atomic mass is 16.5. The largest absolute Gasteiger partial charge is 0.492 e. The monoisotopic (exact) mass is 316 g/mol. The van der Waals surface area contributed by atoms with Crippen LogP contribution in [-0.4, -0.2) is 57.2 Å². The highest BCUT2D eigenvalue weighted by Crippen LogP contribution is 2.20. The normalized spacial score (nSPS) is 18.7. The Labute approximate surface area is 134 Å². The maximum atomic E-state index is 10.9. The molecule has 1 saturated heterocycles. The highest BCUT2D eigenvalue weighted by Gasteiger charge is 2.21. The number of aromatic carboxylic acids is 1. The molecule has 0 amide bonds. The molecule has 7 nitrogen and oxygen atoms in total. The molecule has 0 radical (unpaired) electrons. The van der Waals surface area contributed by atoms with Crippen LogP contribution in [0.15, 0.2) is 36.7 Å². The molecular formula is C16H20N4O3. The Kier molecular flexibility index (Phi) is 4.87. The Morgan fingerprint density at radius 3 is 3.13 bits per heavy atom. The minimum absolute atomic E-state index is 0.242. The topological polar surface area (TPSA) is 80.5 Å². The van der Waals surface area contributed by atoms with Crippen LogP contribution in [-0.2, 0) is 0 Å². The van der Waals surface area contributed by atoms with E-state index in [-0.39, 0.29) is 5.56 Å². The van der Waals surface area contributed by atoms with Gasteiger partial charge in [0.25, 0.3) is 0 Å². The molecule has 1 unspecified atom stereocenters. The maximum Gasteiger partial charge on any atom is 0.335 e. The summed E-state index contributed by atoms with van der Waals surface area (Å²) < 4.78 is 7.61. The lowest BCUT2D eigenvalue weighted by Gasteiger charge is -2.32.